The second-order valence-corrected chi connectivity index (χ2v) is 5.46. The van der Waals surface area contributed by atoms with Crippen molar-refractivity contribution in [1.82, 2.24) is 5.43 Å². The van der Waals surface area contributed by atoms with Crippen LogP contribution in [0.2, 0.25) is 0 Å². The van der Waals surface area contributed by atoms with Crippen LogP contribution >= 0.6 is 0 Å². The summed E-state index contributed by atoms with van der Waals surface area (Å²) < 4.78 is 0. The van der Waals surface area contributed by atoms with E-state index in [4.69, 9.17) is 0 Å². The van der Waals surface area contributed by atoms with Gasteiger partial charge in [0, 0.05) is 12.6 Å². The van der Waals surface area contributed by atoms with Crippen LogP contribution in [0.3, 0.4) is 0 Å². The summed E-state index contributed by atoms with van der Waals surface area (Å²) in [6, 6.07) is 0. The van der Waals surface area contributed by atoms with Gasteiger partial charge in [-0.15, -0.1) is 0 Å². The predicted molar refractivity (Wildman–Crippen MR) is 67.3 cm³/mol. The van der Waals surface area contributed by atoms with Crippen LogP contribution in [-0.4, -0.2) is 11.6 Å². The lowest BCUT2D eigenvalue weighted by Gasteiger charge is -2.36. The zero-order valence-electron chi connectivity index (χ0n) is 11.0. The molecule has 0 aliphatic heterocycles. The molecule has 0 radical (unpaired) electrons. The van der Waals surface area contributed by atoms with E-state index in [1.807, 2.05) is 0 Å². The van der Waals surface area contributed by atoms with E-state index in [1.54, 1.807) is 0 Å². The molecule has 1 aliphatic rings. The minimum atomic E-state index is -0.0801. The molecule has 0 unspecified atom stereocenters. The first-order valence-corrected chi connectivity index (χ1v) is 6.27. The van der Waals surface area contributed by atoms with Crippen LogP contribution in [0.25, 0.3) is 0 Å². The lowest BCUT2D eigenvalue weighted by atomic mass is 9.69. The third-order valence-corrected chi connectivity index (χ3v) is 3.95. The fourth-order valence-corrected chi connectivity index (χ4v) is 2.29. The molecule has 0 aromatic rings. The Balaban J connectivity index is 2.45. The Bertz CT molecular complexity index is 272. The van der Waals surface area contributed by atoms with Gasteiger partial charge in [-0.2, -0.15) is 5.10 Å². The second kappa shape index (κ2) is 5.46. The standard InChI is InChI=1S/C13H24N2O/c1-5-13(3,4)11-6-8-12(9-7-11)15-14-10(2)16/h11H,5-9H2,1-4H3,(H,14,16). The van der Waals surface area contributed by atoms with Crippen LogP contribution in [0.4, 0.5) is 0 Å². The first kappa shape index (κ1) is 13.2. The number of carbonyl (C=O) groups is 1. The fraction of sp³-hybridized carbons (Fsp3) is 0.846. The van der Waals surface area contributed by atoms with Gasteiger partial charge >= 0.3 is 0 Å². The van der Waals surface area contributed by atoms with E-state index in [9.17, 15) is 4.79 Å². The van der Waals surface area contributed by atoms with Gasteiger partial charge < -0.3 is 0 Å². The highest BCUT2D eigenvalue weighted by Gasteiger charge is 2.30. The lowest BCUT2D eigenvalue weighted by molar-refractivity contribution is -0.118. The smallest absolute Gasteiger partial charge is 0.236 e. The van der Waals surface area contributed by atoms with Gasteiger partial charge in [-0.1, -0.05) is 27.2 Å². The number of hydrogen-bond donors (Lipinski definition) is 1. The highest BCUT2D eigenvalue weighted by atomic mass is 16.2. The van der Waals surface area contributed by atoms with Crippen molar-refractivity contribution in [3.63, 3.8) is 0 Å². The van der Waals surface area contributed by atoms with Crippen molar-refractivity contribution >= 4 is 11.6 Å². The van der Waals surface area contributed by atoms with E-state index in [-0.39, 0.29) is 5.91 Å². The van der Waals surface area contributed by atoms with Gasteiger partial charge in [0.2, 0.25) is 5.91 Å². The zero-order valence-corrected chi connectivity index (χ0v) is 11.0. The molecule has 0 bridgehead atoms. The van der Waals surface area contributed by atoms with Gasteiger partial charge in [-0.25, -0.2) is 5.43 Å². The Morgan fingerprint density at radius 3 is 2.44 bits per heavy atom. The first-order valence-electron chi connectivity index (χ1n) is 6.27. The Hall–Kier alpha value is -0.860. The molecule has 0 atom stereocenters. The van der Waals surface area contributed by atoms with Crippen molar-refractivity contribution in [2.45, 2.75) is 59.8 Å². The summed E-state index contributed by atoms with van der Waals surface area (Å²) in [6.07, 6.45) is 5.72. The summed E-state index contributed by atoms with van der Waals surface area (Å²) in [5.74, 6) is 0.720. The molecule has 0 spiro atoms. The van der Waals surface area contributed by atoms with Gasteiger partial charge in [-0.05, 0) is 37.0 Å². The largest absolute Gasteiger partial charge is 0.274 e. The number of hydrazone groups is 1. The van der Waals surface area contributed by atoms with Gasteiger partial charge in [-0.3, -0.25) is 4.79 Å². The molecule has 0 aromatic carbocycles. The molecule has 1 rings (SSSR count). The molecule has 0 aromatic heterocycles. The molecule has 3 nitrogen and oxygen atoms in total. The summed E-state index contributed by atoms with van der Waals surface area (Å²) in [6.45, 7) is 8.47. The zero-order chi connectivity index (χ0) is 12.2. The van der Waals surface area contributed by atoms with Crippen molar-refractivity contribution in [1.29, 1.82) is 0 Å². The normalized spacial score (nSPS) is 21.8. The number of rotatable bonds is 3. The maximum Gasteiger partial charge on any atom is 0.236 e. The third kappa shape index (κ3) is 3.62. The molecular weight excluding hydrogens is 200 g/mol. The predicted octanol–water partition coefficient (Wildman–Crippen LogP) is 3.10. The molecule has 1 aliphatic carbocycles. The molecule has 1 saturated carbocycles. The first-order chi connectivity index (χ1) is 7.45. The molecular formula is C13H24N2O. The van der Waals surface area contributed by atoms with Gasteiger partial charge in [0.15, 0.2) is 0 Å². The van der Waals surface area contributed by atoms with Crippen molar-refractivity contribution in [3.05, 3.63) is 0 Å². The molecule has 16 heavy (non-hydrogen) atoms. The Kier molecular flexibility index (Phi) is 4.51. The van der Waals surface area contributed by atoms with Crippen LogP contribution in [0.15, 0.2) is 5.10 Å². The maximum atomic E-state index is 10.7. The third-order valence-electron chi connectivity index (χ3n) is 3.95. The molecule has 1 fully saturated rings. The highest BCUT2D eigenvalue weighted by molar-refractivity contribution is 5.86. The number of nitrogens with zero attached hydrogens (tertiary/aromatic N) is 1. The molecule has 0 heterocycles. The maximum absolute atomic E-state index is 10.7. The van der Waals surface area contributed by atoms with Crippen molar-refractivity contribution < 1.29 is 4.79 Å². The van der Waals surface area contributed by atoms with Crippen LogP contribution in [0, 0.1) is 11.3 Å². The fourth-order valence-electron chi connectivity index (χ4n) is 2.29. The van der Waals surface area contributed by atoms with E-state index >= 15 is 0 Å². The summed E-state index contributed by atoms with van der Waals surface area (Å²) in [5.41, 5.74) is 4.13. The minimum absolute atomic E-state index is 0.0801. The quantitative estimate of drug-likeness (QED) is 0.735. The molecule has 0 saturated heterocycles. The number of hydrogen-bond acceptors (Lipinski definition) is 2. The molecule has 1 N–H and O–H groups in total. The molecule has 92 valence electrons. The van der Waals surface area contributed by atoms with Crippen LogP contribution in [-0.2, 0) is 4.79 Å². The summed E-state index contributed by atoms with van der Waals surface area (Å²) in [4.78, 5) is 10.7. The van der Waals surface area contributed by atoms with Gasteiger partial charge in [0.25, 0.3) is 0 Å². The van der Waals surface area contributed by atoms with Gasteiger partial charge in [0.05, 0.1) is 0 Å². The molecule has 1 amide bonds. The van der Waals surface area contributed by atoms with E-state index in [2.05, 4.69) is 31.3 Å². The number of nitrogens with one attached hydrogen (secondary N) is 1. The van der Waals surface area contributed by atoms with Crippen LogP contribution in [0.5, 0.6) is 0 Å². The minimum Gasteiger partial charge on any atom is -0.274 e. The number of carbonyl (C=O) groups excluding carboxylic acids is 1. The second-order valence-electron chi connectivity index (χ2n) is 5.46. The van der Waals surface area contributed by atoms with E-state index < -0.39 is 0 Å². The Labute approximate surface area is 98.7 Å². The summed E-state index contributed by atoms with van der Waals surface area (Å²) in [5, 5.41) is 4.14. The lowest BCUT2D eigenvalue weighted by Crippen LogP contribution is -2.29. The van der Waals surface area contributed by atoms with E-state index in [1.165, 1.54) is 26.2 Å². The van der Waals surface area contributed by atoms with Crippen LogP contribution < -0.4 is 5.43 Å². The number of amides is 1. The summed E-state index contributed by atoms with van der Waals surface area (Å²) in [7, 11) is 0. The van der Waals surface area contributed by atoms with Crippen molar-refractivity contribution in [2.24, 2.45) is 16.4 Å². The topological polar surface area (TPSA) is 41.5 Å². The van der Waals surface area contributed by atoms with Crippen molar-refractivity contribution in [2.75, 3.05) is 0 Å². The molecule has 3 heteroatoms. The highest BCUT2D eigenvalue weighted by Crippen LogP contribution is 2.39. The van der Waals surface area contributed by atoms with E-state index in [0.29, 0.717) is 5.41 Å². The Morgan fingerprint density at radius 2 is 2.00 bits per heavy atom. The Morgan fingerprint density at radius 1 is 1.44 bits per heavy atom. The summed E-state index contributed by atoms with van der Waals surface area (Å²) >= 11 is 0. The van der Waals surface area contributed by atoms with E-state index in [0.717, 1.165) is 24.5 Å². The van der Waals surface area contributed by atoms with Gasteiger partial charge in [0.1, 0.15) is 0 Å². The average molecular weight is 224 g/mol. The SMILES string of the molecule is CCC(C)(C)C1CCC(=NNC(C)=O)CC1. The van der Waals surface area contributed by atoms with Crippen LogP contribution in [0.1, 0.15) is 59.8 Å². The average Bonchev–Trinajstić information content (AvgIpc) is 2.27. The van der Waals surface area contributed by atoms with Crippen molar-refractivity contribution in [3.8, 4) is 0 Å². The monoisotopic (exact) mass is 224 g/mol.